The van der Waals surface area contributed by atoms with Gasteiger partial charge in [0.05, 0.1) is 6.04 Å². The average molecular weight is 271 g/mol. The maximum atomic E-state index is 6.37. The Morgan fingerprint density at radius 2 is 1.79 bits per heavy atom. The van der Waals surface area contributed by atoms with Gasteiger partial charge >= 0.3 is 0 Å². The van der Waals surface area contributed by atoms with Crippen molar-refractivity contribution in [2.24, 2.45) is 5.73 Å². The summed E-state index contributed by atoms with van der Waals surface area (Å²) in [5.41, 5.74) is 10.1. The van der Waals surface area contributed by atoms with Crippen molar-refractivity contribution in [3.8, 4) is 0 Å². The van der Waals surface area contributed by atoms with E-state index in [4.69, 9.17) is 5.73 Å². The van der Waals surface area contributed by atoms with Crippen LogP contribution in [-0.2, 0) is 6.42 Å². The van der Waals surface area contributed by atoms with E-state index in [1.807, 2.05) is 0 Å². The molecule has 0 aromatic heterocycles. The van der Waals surface area contributed by atoms with Crippen LogP contribution in [0.25, 0.3) is 0 Å². The lowest BCUT2D eigenvalue weighted by atomic mass is 9.97. The number of rotatable bonds is 5. The fourth-order valence-electron chi connectivity index (χ4n) is 2.23. The molecule has 1 atom stereocenters. The van der Waals surface area contributed by atoms with Crippen LogP contribution in [0.5, 0.6) is 0 Å². The molecule has 0 fully saturated rings. The van der Waals surface area contributed by atoms with Gasteiger partial charge in [0.1, 0.15) is 0 Å². The van der Waals surface area contributed by atoms with E-state index in [9.17, 15) is 0 Å². The van der Waals surface area contributed by atoms with Gasteiger partial charge in [0.25, 0.3) is 0 Å². The average Bonchev–Trinajstić information content (AvgIpc) is 2.47. The molecule has 100 valence electrons. The smallest absolute Gasteiger partial charge is 0.0551 e. The summed E-state index contributed by atoms with van der Waals surface area (Å²) in [5.74, 6) is 0. The minimum atomic E-state index is -0.0345. The van der Waals surface area contributed by atoms with Gasteiger partial charge in [0.15, 0.2) is 0 Å². The molecule has 0 aliphatic heterocycles. The van der Waals surface area contributed by atoms with Crippen molar-refractivity contribution in [3.05, 3.63) is 65.2 Å². The van der Waals surface area contributed by atoms with Crippen molar-refractivity contribution in [1.29, 1.82) is 0 Å². The summed E-state index contributed by atoms with van der Waals surface area (Å²) in [7, 11) is 0. The minimum absolute atomic E-state index is 0.0345. The molecular formula is C17H21NS. The number of benzene rings is 2. The first-order chi connectivity index (χ1) is 9.24. The van der Waals surface area contributed by atoms with Gasteiger partial charge in [-0.25, -0.2) is 0 Å². The molecule has 0 heterocycles. The zero-order chi connectivity index (χ0) is 13.7. The maximum Gasteiger partial charge on any atom is 0.0551 e. The topological polar surface area (TPSA) is 26.0 Å². The predicted molar refractivity (Wildman–Crippen MR) is 84.7 cm³/mol. The highest BCUT2D eigenvalue weighted by Gasteiger charge is 2.09. The monoisotopic (exact) mass is 271 g/mol. The summed E-state index contributed by atoms with van der Waals surface area (Å²) in [5, 5.41) is 0. The SMILES string of the molecule is CCCc1cccc(C(N)c2ccc(SC)cc2)c1. The Balaban J connectivity index is 2.22. The van der Waals surface area contributed by atoms with Gasteiger partial charge in [0.2, 0.25) is 0 Å². The maximum absolute atomic E-state index is 6.37. The summed E-state index contributed by atoms with van der Waals surface area (Å²) in [6.07, 6.45) is 4.37. The standard InChI is InChI=1S/C17H21NS/c1-3-5-13-6-4-7-15(12-13)17(18)14-8-10-16(19-2)11-9-14/h4,6-12,17H,3,5,18H2,1-2H3. The molecule has 0 saturated carbocycles. The van der Waals surface area contributed by atoms with Crippen LogP contribution in [0.3, 0.4) is 0 Å². The summed E-state index contributed by atoms with van der Waals surface area (Å²) < 4.78 is 0. The van der Waals surface area contributed by atoms with Crippen LogP contribution >= 0.6 is 11.8 Å². The summed E-state index contributed by atoms with van der Waals surface area (Å²) >= 11 is 1.75. The van der Waals surface area contributed by atoms with Gasteiger partial charge < -0.3 is 5.73 Å². The molecule has 2 aromatic rings. The third kappa shape index (κ3) is 3.62. The molecular weight excluding hydrogens is 250 g/mol. The van der Waals surface area contributed by atoms with E-state index in [0.29, 0.717) is 0 Å². The van der Waals surface area contributed by atoms with Gasteiger partial charge in [-0.3, -0.25) is 0 Å². The predicted octanol–water partition coefficient (Wildman–Crippen LogP) is 4.41. The highest BCUT2D eigenvalue weighted by molar-refractivity contribution is 7.98. The van der Waals surface area contributed by atoms with Crippen LogP contribution in [-0.4, -0.2) is 6.26 Å². The Kier molecular flexibility index (Phi) is 5.06. The molecule has 0 radical (unpaired) electrons. The molecule has 2 heteroatoms. The molecule has 0 amide bonds. The lowest BCUT2D eigenvalue weighted by Crippen LogP contribution is -2.12. The van der Waals surface area contributed by atoms with Crippen molar-refractivity contribution in [3.63, 3.8) is 0 Å². The Morgan fingerprint density at radius 1 is 1.05 bits per heavy atom. The van der Waals surface area contributed by atoms with Gasteiger partial charge in [0, 0.05) is 4.90 Å². The molecule has 2 N–H and O–H groups in total. The molecule has 2 aromatic carbocycles. The van der Waals surface area contributed by atoms with E-state index in [0.717, 1.165) is 6.42 Å². The van der Waals surface area contributed by atoms with E-state index in [1.54, 1.807) is 11.8 Å². The molecule has 0 bridgehead atoms. The molecule has 1 nitrogen and oxygen atoms in total. The first-order valence-corrected chi connectivity index (χ1v) is 7.95. The second-order valence-corrected chi connectivity index (χ2v) is 5.63. The second-order valence-electron chi connectivity index (χ2n) is 4.75. The van der Waals surface area contributed by atoms with Crippen molar-refractivity contribution >= 4 is 11.8 Å². The Labute approximate surface area is 120 Å². The van der Waals surface area contributed by atoms with Crippen LogP contribution in [0.4, 0.5) is 0 Å². The van der Waals surface area contributed by atoms with E-state index in [2.05, 4.69) is 61.7 Å². The quantitative estimate of drug-likeness (QED) is 0.815. The fraction of sp³-hybridized carbons (Fsp3) is 0.294. The summed E-state index contributed by atoms with van der Waals surface area (Å²) in [6.45, 7) is 2.20. The zero-order valence-corrected chi connectivity index (χ0v) is 12.4. The molecule has 0 saturated heterocycles. The van der Waals surface area contributed by atoms with Gasteiger partial charge in [-0.1, -0.05) is 49.7 Å². The van der Waals surface area contributed by atoms with Gasteiger partial charge in [-0.2, -0.15) is 0 Å². The lowest BCUT2D eigenvalue weighted by molar-refractivity contribution is 0.857. The van der Waals surface area contributed by atoms with Crippen LogP contribution in [0, 0.1) is 0 Å². The van der Waals surface area contributed by atoms with Crippen LogP contribution in [0.2, 0.25) is 0 Å². The first kappa shape index (κ1) is 14.2. The molecule has 1 unspecified atom stereocenters. The van der Waals surface area contributed by atoms with Crippen LogP contribution in [0.15, 0.2) is 53.4 Å². The molecule has 2 rings (SSSR count). The molecule has 0 aliphatic rings. The van der Waals surface area contributed by atoms with Crippen LogP contribution < -0.4 is 5.73 Å². The van der Waals surface area contributed by atoms with E-state index in [-0.39, 0.29) is 6.04 Å². The van der Waals surface area contributed by atoms with Crippen LogP contribution in [0.1, 0.15) is 36.1 Å². The third-order valence-electron chi connectivity index (χ3n) is 3.32. The Bertz CT molecular complexity index is 519. The van der Waals surface area contributed by atoms with Crippen molar-refractivity contribution in [2.45, 2.75) is 30.7 Å². The number of nitrogens with two attached hydrogens (primary N) is 1. The number of aryl methyl sites for hydroxylation is 1. The number of hydrogen-bond acceptors (Lipinski definition) is 2. The minimum Gasteiger partial charge on any atom is -0.320 e. The molecule has 19 heavy (non-hydrogen) atoms. The Morgan fingerprint density at radius 3 is 2.42 bits per heavy atom. The highest BCUT2D eigenvalue weighted by Crippen LogP contribution is 2.23. The second kappa shape index (κ2) is 6.78. The summed E-state index contributed by atoms with van der Waals surface area (Å²) in [4.78, 5) is 1.27. The van der Waals surface area contributed by atoms with E-state index < -0.39 is 0 Å². The van der Waals surface area contributed by atoms with Crippen molar-refractivity contribution in [2.75, 3.05) is 6.26 Å². The van der Waals surface area contributed by atoms with E-state index in [1.165, 1.54) is 28.0 Å². The number of hydrogen-bond donors (Lipinski definition) is 1. The largest absolute Gasteiger partial charge is 0.320 e. The van der Waals surface area contributed by atoms with Crippen molar-refractivity contribution < 1.29 is 0 Å². The third-order valence-corrected chi connectivity index (χ3v) is 4.07. The molecule has 0 aliphatic carbocycles. The lowest BCUT2D eigenvalue weighted by Gasteiger charge is -2.14. The van der Waals surface area contributed by atoms with Gasteiger partial charge in [-0.05, 0) is 41.5 Å². The van der Waals surface area contributed by atoms with E-state index >= 15 is 0 Å². The van der Waals surface area contributed by atoms with Gasteiger partial charge in [-0.15, -0.1) is 11.8 Å². The molecule has 0 spiro atoms. The summed E-state index contributed by atoms with van der Waals surface area (Å²) in [6, 6.07) is 17.1. The first-order valence-electron chi connectivity index (χ1n) is 6.73. The zero-order valence-electron chi connectivity index (χ0n) is 11.6. The fourth-order valence-corrected chi connectivity index (χ4v) is 2.64. The normalized spacial score (nSPS) is 12.4. The van der Waals surface area contributed by atoms with Crippen molar-refractivity contribution in [1.82, 2.24) is 0 Å². The number of thioether (sulfide) groups is 1. The highest BCUT2D eigenvalue weighted by atomic mass is 32.2. The Hall–Kier alpha value is -1.25.